The van der Waals surface area contributed by atoms with Crippen LogP contribution in [0.2, 0.25) is 5.02 Å². The summed E-state index contributed by atoms with van der Waals surface area (Å²) < 4.78 is 22.1. The number of carbonyl (C=O) groups excluding carboxylic acids is 2. The number of ether oxygens (including phenoxy) is 4. The van der Waals surface area contributed by atoms with E-state index in [1.165, 1.54) is 32.3 Å². The standard InChI is InChI=1S/C29H28ClNO7/c1-6-38-19-10-11-21(30)20(15-19)26(32)24-25(17-13-22(35-3)28(37-5)23(14-17)36-4)31(29(34)27(24)33)18-9-7-8-16(2)12-18/h7-15,25,32H,6H2,1-5H3/b26-24+. The zero-order valence-corrected chi connectivity index (χ0v) is 22.5. The third kappa shape index (κ3) is 4.75. The zero-order valence-electron chi connectivity index (χ0n) is 21.7. The van der Waals surface area contributed by atoms with Gasteiger partial charge in [0, 0.05) is 11.3 Å². The lowest BCUT2D eigenvalue weighted by molar-refractivity contribution is -0.132. The Balaban J connectivity index is 2.03. The van der Waals surface area contributed by atoms with Gasteiger partial charge in [-0.2, -0.15) is 0 Å². The van der Waals surface area contributed by atoms with Crippen molar-refractivity contribution in [2.24, 2.45) is 0 Å². The minimum atomic E-state index is -1.03. The number of aliphatic hydroxyl groups is 1. The summed E-state index contributed by atoms with van der Waals surface area (Å²) in [5.41, 5.74) is 1.86. The van der Waals surface area contributed by atoms with E-state index in [0.29, 0.717) is 40.9 Å². The Kier molecular flexibility index (Phi) is 7.83. The summed E-state index contributed by atoms with van der Waals surface area (Å²) in [4.78, 5) is 28.4. The lowest BCUT2D eigenvalue weighted by Gasteiger charge is -2.27. The maximum absolute atomic E-state index is 13.6. The van der Waals surface area contributed by atoms with E-state index in [1.807, 2.05) is 19.9 Å². The van der Waals surface area contributed by atoms with Gasteiger partial charge in [-0.25, -0.2) is 0 Å². The fourth-order valence-electron chi connectivity index (χ4n) is 4.54. The molecule has 3 aromatic carbocycles. The minimum Gasteiger partial charge on any atom is -0.507 e. The van der Waals surface area contributed by atoms with Gasteiger partial charge >= 0.3 is 0 Å². The molecule has 1 amide bonds. The number of methoxy groups -OCH3 is 3. The Labute approximate surface area is 225 Å². The van der Waals surface area contributed by atoms with Gasteiger partial charge in [0.2, 0.25) is 5.75 Å². The van der Waals surface area contributed by atoms with Crippen LogP contribution in [0.4, 0.5) is 5.69 Å². The van der Waals surface area contributed by atoms with E-state index in [4.69, 9.17) is 30.5 Å². The highest BCUT2D eigenvalue weighted by Crippen LogP contribution is 2.47. The van der Waals surface area contributed by atoms with Crippen molar-refractivity contribution in [3.05, 3.63) is 81.9 Å². The molecule has 0 saturated carbocycles. The quantitative estimate of drug-likeness (QED) is 0.224. The number of carbonyl (C=O) groups is 2. The van der Waals surface area contributed by atoms with Gasteiger partial charge in [-0.15, -0.1) is 0 Å². The molecule has 1 atom stereocenters. The number of benzene rings is 3. The van der Waals surface area contributed by atoms with Crippen molar-refractivity contribution in [1.29, 1.82) is 0 Å². The zero-order chi connectivity index (χ0) is 27.6. The number of Topliss-reactive ketones (excluding diaryl/α,β-unsaturated/α-hetero) is 1. The number of rotatable bonds is 8. The van der Waals surface area contributed by atoms with Crippen LogP contribution in [0, 0.1) is 6.92 Å². The van der Waals surface area contributed by atoms with Gasteiger partial charge in [0.1, 0.15) is 11.5 Å². The van der Waals surface area contributed by atoms with E-state index >= 15 is 0 Å². The highest BCUT2D eigenvalue weighted by molar-refractivity contribution is 6.52. The summed E-state index contributed by atoms with van der Waals surface area (Å²) >= 11 is 6.44. The van der Waals surface area contributed by atoms with Gasteiger partial charge in [0.15, 0.2) is 11.5 Å². The van der Waals surface area contributed by atoms with Crippen LogP contribution in [-0.4, -0.2) is 44.7 Å². The highest BCUT2D eigenvalue weighted by Gasteiger charge is 2.47. The molecule has 8 nitrogen and oxygen atoms in total. The first-order valence-corrected chi connectivity index (χ1v) is 12.2. The molecule has 9 heteroatoms. The van der Waals surface area contributed by atoms with Crippen LogP contribution in [-0.2, 0) is 9.59 Å². The van der Waals surface area contributed by atoms with Crippen LogP contribution in [0.15, 0.2) is 60.2 Å². The smallest absolute Gasteiger partial charge is 0.300 e. The Hall–Kier alpha value is -4.17. The summed E-state index contributed by atoms with van der Waals surface area (Å²) in [6, 6.07) is 14.2. The molecule has 1 aliphatic rings. The number of amides is 1. The van der Waals surface area contributed by atoms with Crippen molar-refractivity contribution < 1.29 is 33.6 Å². The van der Waals surface area contributed by atoms with Crippen LogP contribution >= 0.6 is 11.6 Å². The summed E-state index contributed by atoms with van der Waals surface area (Å²) in [7, 11) is 4.42. The first-order chi connectivity index (χ1) is 18.2. The van der Waals surface area contributed by atoms with E-state index in [0.717, 1.165) is 5.56 Å². The Morgan fingerprint density at radius 1 is 0.974 bits per heavy atom. The lowest BCUT2D eigenvalue weighted by atomic mass is 9.94. The van der Waals surface area contributed by atoms with Gasteiger partial charge in [0.25, 0.3) is 11.7 Å². The summed E-state index contributed by atoms with van der Waals surface area (Å²) in [5.74, 6) is -0.632. The minimum absolute atomic E-state index is 0.138. The average molecular weight is 538 g/mol. The highest BCUT2D eigenvalue weighted by atomic mass is 35.5. The van der Waals surface area contributed by atoms with Gasteiger partial charge < -0.3 is 24.1 Å². The molecule has 0 radical (unpaired) electrons. The van der Waals surface area contributed by atoms with Crippen LogP contribution < -0.4 is 23.8 Å². The largest absolute Gasteiger partial charge is 0.507 e. The Morgan fingerprint density at radius 3 is 2.24 bits per heavy atom. The molecule has 1 N–H and O–H groups in total. The van der Waals surface area contributed by atoms with Crippen LogP contribution in [0.25, 0.3) is 5.76 Å². The van der Waals surface area contributed by atoms with Crippen molar-refractivity contribution in [1.82, 2.24) is 0 Å². The Bertz CT molecular complexity index is 1410. The summed E-state index contributed by atoms with van der Waals surface area (Å²) in [6.45, 7) is 4.10. The van der Waals surface area contributed by atoms with E-state index < -0.39 is 23.5 Å². The molecule has 1 heterocycles. The molecule has 0 aliphatic carbocycles. The van der Waals surface area contributed by atoms with Gasteiger partial charge in [-0.05, 0) is 67.4 Å². The van der Waals surface area contributed by atoms with Crippen LogP contribution in [0.1, 0.15) is 29.7 Å². The van der Waals surface area contributed by atoms with Crippen molar-refractivity contribution >= 4 is 34.7 Å². The number of hydrogen-bond donors (Lipinski definition) is 1. The van der Waals surface area contributed by atoms with Gasteiger partial charge in [-0.3, -0.25) is 14.5 Å². The molecule has 0 bridgehead atoms. The maximum atomic E-state index is 13.6. The van der Waals surface area contributed by atoms with E-state index in [9.17, 15) is 14.7 Å². The molecule has 38 heavy (non-hydrogen) atoms. The summed E-state index contributed by atoms with van der Waals surface area (Å²) in [5, 5.41) is 11.7. The van der Waals surface area contributed by atoms with Crippen LogP contribution in [0.3, 0.4) is 0 Å². The normalized spacial score (nSPS) is 16.5. The van der Waals surface area contributed by atoms with Crippen molar-refractivity contribution in [3.8, 4) is 23.0 Å². The predicted molar refractivity (Wildman–Crippen MR) is 145 cm³/mol. The first kappa shape index (κ1) is 26.9. The number of aryl methyl sites for hydroxylation is 1. The molecule has 198 valence electrons. The molecule has 1 saturated heterocycles. The molecular weight excluding hydrogens is 510 g/mol. The second-order valence-corrected chi connectivity index (χ2v) is 8.95. The van der Waals surface area contributed by atoms with Crippen molar-refractivity contribution in [2.45, 2.75) is 19.9 Å². The number of halogens is 1. The number of ketones is 1. The number of hydrogen-bond acceptors (Lipinski definition) is 7. The average Bonchev–Trinajstić information content (AvgIpc) is 3.18. The van der Waals surface area contributed by atoms with E-state index in [1.54, 1.807) is 42.5 Å². The molecule has 0 spiro atoms. The predicted octanol–water partition coefficient (Wildman–Crippen LogP) is 5.70. The second kappa shape index (κ2) is 11.1. The number of nitrogens with zero attached hydrogens (tertiary/aromatic N) is 1. The van der Waals surface area contributed by atoms with Gasteiger partial charge in [-0.1, -0.05) is 23.7 Å². The molecule has 3 aromatic rings. The number of aliphatic hydroxyl groups excluding tert-OH is 1. The fraction of sp³-hybridized carbons (Fsp3) is 0.241. The third-order valence-corrected chi connectivity index (χ3v) is 6.56. The van der Waals surface area contributed by atoms with Crippen molar-refractivity contribution in [3.63, 3.8) is 0 Å². The second-order valence-electron chi connectivity index (χ2n) is 8.54. The molecule has 1 aliphatic heterocycles. The maximum Gasteiger partial charge on any atom is 0.300 e. The van der Waals surface area contributed by atoms with E-state index in [2.05, 4.69) is 0 Å². The molecule has 0 aromatic heterocycles. The SMILES string of the molecule is CCOc1ccc(Cl)c(/C(O)=C2\C(=O)C(=O)N(c3cccc(C)c3)C2c2cc(OC)c(OC)c(OC)c2)c1. The molecule has 1 fully saturated rings. The third-order valence-electron chi connectivity index (χ3n) is 6.23. The molecule has 1 unspecified atom stereocenters. The lowest BCUT2D eigenvalue weighted by Crippen LogP contribution is -2.29. The monoisotopic (exact) mass is 537 g/mol. The fourth-order valence-corrected chi connectivity index (χ4v) is 4.75. The van der Waals surface area contributed by atoms with Crippen LogP contribution in [0.5, 0.6) is 23.0 Å². The van der Waals surface area contributed by atoms with Crippen molar-refractivity contribution in [2.75, 3.05) is 32.8 Å². The topological polar surface area (TPSA) is 94.5 Å². The first-order valence-electron chi connectivity index (χ1n) is 11.9. The van der Waals surface area contributed by atoms with Gasteiger partial charge in [0.05, 0.1) is 44.6 Å². The summed E-state index contributed by atoms with van der Waals surface area (Å²) in [6.07, 6.45) is 0. The molecule has 4 rings (SSSR count). The van der Waals surface area contributed by atoms with E-state index in [-0.39, 0.29) is 16.2 Å². The molecular formula is C29H28ClNO7. The Morgan fingerprint density at radius 2 is 1.66 bits per heavy atom. The number of anilines is 1.